The number of carbonyl (C=O) groups is 1. The van der Waals surface area contributed by atoms with E-state index < -0.39 is 5.97 Å². The maximum Gasteiger partial charge on any atom is 0.359 e. The lowest BCUT2D eigenvalue weighted by atomic mass is 10.1. The number of esters is 1. The van der Waals surface area contributed by atoms with Gasteiger partial charge in [0.05, 0.1) is 10.4 Å². The summed E-state index contributed by atoms with van der Waals surface area (Å²) in [6, 6.07) is 11.6. The summed E-state index contributed by atoms with van der Waals surface area (Å²) in [4.78, 5) is 24.4. The van der Waals surface area contributed by atoms with Gasteiger partial charge in [0.1, 0.15) is 19.0 Å². The fourth-order valence-electron chi connectivity index (χ4n) is 2.40. The van der Waals surface area contributed by atoms with Crippen LogP contribution in [0.25, 0.3) is 10.8 Å². The Hall–Kier alpha value is -2.57. The zero-order valence-electron chi connectivity index (χ0n) is 13.7. The van der Waals surface area contributed by atoms with E-state index in [-0.39, 0.29) is 24.5 Å². The van der Waals surface area contributed by atoms with E-state index in [1.165, 1.54) is 7.05 Å². The molecule has 0 saturated heterocycles. The molecule has 0 aliphatic rings. The topological polar surface area (TPSA) is 70.4 Å². The molecule has 0 fully saturated rings. The SMILES string of the molecule is Cn1nc(C(=O)OCCOc2ccc(Cl)cc2Cl)c2ccccc2c1=O. The molecule has 0 unspecified atom stereocenters. The van der Waals surface area contributed by atoms with Crippen LogP contribution in [0.4, 0.5) is 0 Å². The number of hydrogen-bond acceptors (Lipinski definition) is 5. The molecule has 3 aromatic rings. The number of rotatable bonds is 5. The summed E-state index contributed by atoms with van der Waals surface area (Å²) in [6.45, 7) is 0.105. The van der Waals surface area contributed by atoms with Gasteiger partial charge in [-0.2, -0.15) is 5.10 Å². The lowest BCUT2D eigenvalue weighted by molar-refractivity contribution is 0.0443. The van der Waals surface area contributed by atoms with Gasteiger partial charge in [-0.3, -0.25) is 4.79 Å². The van der Waals surface area contributed by atoms with Gasteiger partial charge in [-0.15, -0.1) is 0 Å². The molecular formula is C18H14Cl2N2O4. The standard InChI is InChI=1S/C18H14Cl2N2O4/c1-22-17(23)13-5-3-2-4-12(13)16(21-22)18(24)26-9-8-25-15-7-6-11(19)10-14(15)20/h2-7,10H,8-9H2,1H3. The van der Waals surface area contributed by atoms with E-state index in [0.717, 1.165) is 4.68 Å². The van der Waals surface area contributed by atoms with Crippen LogP contribution < -0.4 is 10.3 Å². The van der Waals surface area contributed by atoms with Gasteiger partial charge in [-0.1, -0.05) is 41.4 Å². The summed E-state index contributed by atoms with van der Waals surface area (Å²) in [5.74, 6) is -0.194. The third-order valence-corrected chi connectivity index (χ3v) is 4.15. The van der Waals surface area contributed by atoms with Crippen molar-refractivity contribution in [1.29, 1.82) is 0 Å². The van der Waals surface area contributed by atoms with Crippen LogP contribution in [0.1, 0.15) is 10.5 Å². The molecule has 134 valence electrons. The van der Waals surface area contributed by atoms with Crippen molar-refractivity contribution in [2.24, 2.45) is 7.05 Å². The normalized spacial score (nSPS) is 10.7. The number of nitrogens with zero attached hydrogens (tertiary/aromatic N) is 2. The van der Waals surface area contributed by atoms with Crippen molar-refractivity contribution in [3.63, 3.8) is 0 Å². The van der Waals surface area contributed by atoms with Crippen molar-refractivity contribution in [3.8, 4) is 5.75 Å². The molecule has 0 radical (unpaired) electrons. The van der Waals surface area contributed by atoms with Crippen LogP contribution in [-0.4, -0.2) is 29.0 Å². The predicted octanol–water partition coefficient (Wildman–Crippen LogP) is 3.48. The van der Waals surface area contributed by atoms with E-state index in [2.05, 4.69) is 5.10 Å². The molecular weight excluding hydrogens is 379 g/mol. The fourth-order valence-corrected chi connectivity index (χ4v) is 2.86. The number of benzene rings is 2. The number of hydrogen-bond donors (Lipinski definition) is 0. The summed E-state index contributed by atoms with van der Waals surface area (Å²) >= 11 is 11.8. The molecule has 0 spiro atoms. The van der Waals surface area contributed by atoms with E-state index in [1.54, 1.807) is 42.5 Å². The average molecular weight is 393 g/mol. The van der Waals surface area contributed by atoms with Crippen LogP contribution in [0.5, 0.6) is 5.75 Å². The molecule has 0 aliphatic carbocycles. The summed E-state index contributed by atoms with van der Waals surface area (Å²) in [7, 11) is 1.48. The molecule has 6 nitrogen and oxygen atoms in total. The molecule has 1 heterocycles. The Labute approximate surface area is 158 Å². The maximum absolute atomic E-state index is 12.3. The highest BCUT2D eigenvalue weighted by Gasteiger charge is 2.16. The third-order valence-electron chi connectivity index (χ3n) is 3.62. The molecule has 3 rings (SSSR count). The summed E-state index contributed by atoms with van der Waals surface area (Å²) < 4.78 is 11.8. The maximum atomic E-state index is 12.3. The summed E-state index contributed by atoms with van der Waals surface area (Å²) in [5, 5.41) is 5.74. The number of halogens is 2. The first-order valence-electron chi connectivity index (χ1n) is 7.68. The van der Waals surface area contributed by atoms with Crippen molar-refractivity contribution in [2.75, 3.05) is 13.2 Å². The van der Waals surface area contributed by atoms with Gasteiger partial charge >= 0.3 is 5.97 Å². The average Bonchev–Trinajstić information content (AvgIpc) is 2.63. The molecule has 0 N–H and O–H groups in total. The van der Waals surface area contributed by atoms with Crippen molar-refractivity contribution < 1.29 is 14.3 Å². The first kappa shape index (κ1) is 18.2. The van der Waals surface area contributed by atoms with Crippen LogP contribution >= 0.6 is 23.2 Å². The van der Waals surface area contributed by atoms with Gasteiger partial charge in [-0.05, 0) is 24.3 Å². The minimum absolute atomic E-state index is 0.00334. The van der Waals surface area contributed by atoms with Gasteiger partial charge in [0, 0.05) is 17.5 Å². The van der Waals surface area contributed by atoms with Gasteiger partial charge in [0.15, 0.2) is 5.69 Å². The minimum atomic E-state index is -0.636. The Balaban J connectivity index is 1.68. The van der Waals surface area contributed by atoms with Crippen LogP contribution in [0.15, 0.2) is 47.3 Å². The minimum Gasteiger partial charge on any atom is -0.488 e. The summed E-state index contributed by atoms with van der Waals surface area (Å²) in [6.07, 6.45) is 0. The number of fused-ring (bicyclic) bond motifs is 1. The fraction of sp³-hybridized carbons (Fsp3) is 0.167. The molecule has 1 aromatic heterocycles. The Morgan fingerprint density at radius 3 is 2.58 bits per heavy atom. The Morgan fingerprint density at radius 2 is 1.85 bits per heavy atom. The molecule has 8 heteroatoms. The second-order valence-electron chi connectivity index (χ2n) is 5.38. The van der Waals surface area contributed by atoms with Crippen LogP contribution in [-0.2, 0) is 11.8 Å². The monoisotopic (exact) mass is 392 g/mol. The zero-order valence-corrected chi connectivity index (χ0v) is 15.3. The van der Waals surface area contributed by atoms with Gasteiger partial charge in [0.25, 0.3) is 5.56 Å². The first-order chi connectivity index (χ1) is 12.5. The number of ether oxygens (including phenoxy) is 2. The van der Waals surface area contributed by atoms with Crippen molar-refractivity contribution in [2.45, 2.75) is 0 Å². The molecule has 0 bridgehead atoms. The van der Waals surface area contributed by atoms with Crippen LogP contribution in [0.2, 0.25) is 10.0 Å². The number of carbonyl (C=O) groups excluding carboxylic acids is 1. The highest BCUT2D eigenvalue weighted by molar-refractivity contribution is 6.35. The Kier molecular flexibility index (Phi) is 5.44. The van der Waals surface area contributed by atoms with Crippen LogP contribution in [0.3, 0.4) is 0 Å². The van der Waals surface area contributed by atoms with E-state index >= 15 is 0 Å². The van der Waals surface area contributed by atoms with Crippen molar-refractivity contribution in [1.82, 2.24) is 9.78 Å². The molecule has 0 aliphatic heterocycles. The second-order valence-corrected chi connectivity index (χ2v) is 6.23. The quantitative estimate of drug-likeness (QED) is 0.490. The molecule has 2 aromatic carbocycles. The number of aryl methyl sites for hydroxylation is 1. The highest BCUT2D eigenvalue weighted by atomic mass is 35.5. The highest BCUT2D eigenvalue weighted by Crippen LogP contribution is 2.27. The van der Waals surface area contributed by atoms with Gasteiger partial charge < -0.3 is 9.47 Å². The molecule has 0 amide bonds. The third kappa shape index (κ3) is 3.81. The van der Waals surface area contributed by atoms with Crippen molar-refractivity contribution >= 4 is 39.9 Å². The predicted molar refractivity (Wildman–Crippen MR) is 99.2 cm³/mol. The first-order valence-corrected chi connectivity index (χ1v) is 8.44. The van der Waals surface area contributed by atoms with E-state index in [0.29, 0.717) is 26.6 Å². The van der Waals surface area contributed by atoms with E-state index in [4.69, 9.17) is 32.7 Å². The number of aromatic nitrogens is 2. The van der Waals surface area contributed by atoms with Gasteiger partial charge in [-0.25, -0.2) is 9.48 Å². The smallest absolute Gasteiger partial charge is 0.359 e. The van der Waals surface area contributed by atoms with Crippen LogP contribution in [0, 0.1) is 0 Å². The molecule has 0 saturated carbocycles. The second kappa shape index (κ2) is 7.76. The van der Waals surface area contributed by atoms with E-state index in [9.17, 15) is 9.59 Å². The van der Waals surface area contributed by atoms with Gasteiger partial charge in [0.2, 0.25) is 0 Å². The molecule has 0 atom stereocenters. The lowest BCUT2D eigenvalue weighted by Crippen LogP contribution is -2.24. The largest absolute Gasteiger partial charge is 0.488 e. The van der Waals surface area contributed by atoms with E-state index in [1.807, 2.05) is 0 Å². The Morgan fingerprint density at radius 1 is 1.12 bits per heavy atom. The molecule has 26 heavy (non-hydrogen) atoms. The lowest BCUT2D eigenvalue weighted by Gasteiger charge is -2.10. The zero-order chi connectivity index (χ0) is 18.7. The van der Waals surface area contributed by atoms with Crippen molar-refractivity contribution in [3.05, 3.63) is 68.6 Å². The summed E-state index contributed by atoms with van der Waals surface area (Å²) in [5.41, 5.74) is -0.204. The Bertz CT molecular complexity index is 1030.